The number of hydrogen-bond donors (Lipinski definition) is 2. The van der Waals surface area contributed by atoms with Crippen molar-refractivity contribution in [2.24, 2.45) is 5.92 Å². The van der Waals surface area contributed by atoms with Crippen LogP contribution in [0.25, 0.3) is 0 Å². The molecule has 34 heavy (non-hydrogen) atoms. The molecule has 2 aromatic rings. The highest BCUT2D eigenvalue weighted by Gasteiger charge is 2.24. The maximum atomic E-state index is 12.5. The fourth-order valence-electron chi connectivity index (χ4n) is 2.34. The monoisotopic (exact) mass is 476 g/mol. The standard InChI is InChI=1S/C18H26N2O7.C6H6O/c1-11(2)7-9-25-18(23)12(3)20-17(22)15-16(27-10-26-13(4)21)14(24-5)6-8-19-15;7-6-4-2-1-3-5-6/h6,8,11-12H,7,9-10H2,1-5H3,(H,20,22);1-5,7H. The molecular formula is C24H32N2O8. The second-order valence-corrected chi connectivity index (χ2v) is 7.47. The maximum Gasteiger partial charge on any atom is 0.328 e. The van der Waals surface area contributed by atoms with Crippen LogP contribution in [0.3, 0.4) is 0 Å². The van der Waals surface area contributed by atoms with Crippen molar-refractivity contribution < 1.29 is 38.4 Å². The summed E-state index contributed by atoms with van der Waals surface area (Å²) in [7, 11) is 1.39. The van der Waals surface area contributed by atoms with Crippen LogP contribution in [-0.4, -0.2) is 54.5 Å². The largest absolute Gasteiger partial charge is 0.508 e. The first kappa shape index (κ1) is 28.2. The first-order valence-corrected chi connectivity index (χ1v) is 10.7. The fourth-order valence-corrected chi connectivity index (χ4v) is 2.34. The Morgan fingerprint density at radius 1 is 1.06 bits per heavy atom. The third-order valence-electron chi connectivity index (χ3n) is 4.17. The van der Waals surface area contributed by atoms with Gasteiger partial charge in [0.05, 0.1) is 13.7 Å². The van der Waals surface area contributed by atoms with Gasteiger partial charge in [0.15, 0.2) is 17.2 Å². The number of nitrogens with zero attached hydrogens (tertiary/aromatic N) is 1. The van der Waals surface area contributed by atoms with Crippen LogP contribution in [0, 0.1) is 5.92 Å². The average Bonchev–Trinajstić information content (AvgIpc) is 2.79. The topological polar surface area (TPSA) is 133 Å². The summed E-state index contributed by atoms with van der Waals surface area (Å²) in [4.78, 5) is 39.3. The Hall–Kier alpha value is -3.82. The van der Waals surface area contributed by atoms with Crippen LogP contribution >= 0.6 is 0 Å². The number of ether oxygens (including phenoxy) is 4. The molecule has 0 saturated heterocycles. The van der Waals surface area contributed by atoms with Gasteiger partial charge in [-0.05, 0) is 31.4 Å². The van der Waals surface area contributed by atoms with Gasteiger partial charge < -0.3 is 29.4 Å². The number of phenolic OH excluding ortho intramolecular Hbond substituents is 1. The molecule has 1 atom stereocenters. The third kappa shape index (κ3) is 10.7. The van der Waals surface area contributed by atoms with E-state index in [2.05, 4.69) is 10.3 Å². The number of phenols is 1. The first-order chi connectivity index (χ1) is 16.1. The molecule has 0 saturated carbocycles. The molecule has 1 heterocycles. The lowest BCUT2D eigenvalue weighted by atomic mass is 10.1. The number of carbonyl (C=O) groups excluding carboxylic acids is 3. The Balaban J connectivity index is 0.000000700. The van der Waals surface area contributed by atoms with Crippen LogP contribution in [-0.2, 0) is 19.1 Å². The van der Waals surface area contributed by atoms with E-state index in [1.165, 1.54) is 33.2 Å². The van der Waals surface area contributed by atoms with E-state index in [9.17, 15) is 14.4 Å². The zero-order chi connectivity index (χ0) is 25.5. The molecule has 0 bridgehead atoms. The van der Waals surface area contributed by atoms with Gasteiger partial charge in [0.2, 0.25) is 6.79 Å². The highest BCUT2D eigenvalue weighted by molar-refractivity contribution is 5.98. The summed E-state index contributed by atoms with van der Waals surface area (Å²) in [6.07, 6.45) is 2.09. The minimum atomic E-state index is -0.876. The summed E-state index contributed by atoms with van der Waals surface area (Å²) < 4.78 is 20.3. The molecule has 0 spiro atoms. The number of amides is 1. The van der Waals surface area contributed by atoms with E-state index >= 15 is 0 Å². The van der Waals surface area contributed by atoms with Gasteiger partial charge in [-0.1, -0.05) is 32.0 Å². The number of aromatic hydroxyl groups is 1. The van der Waals surface area contributed by atoms with E-state index in [-0.39, 0.29) is 23.8 Å². The predicted molar refractivity (Wildman–Crippen MR) is 123 cm³/mol. The Morgan fingerprint density at radius 2 is 1.74 bits per heavy atom. The first-order valence-electron chi connectivity index (χ1n) is 10.7. The second-order valence-electron chi connectivity index (χ2n) is 7.47. The normalized spacial score (nSPS) is 10.9. The van der Waals surface area contributed by atoms with Crippen LogP contribution < -0.4 is 14.8 Å². The molecule has 1 aromatic heterocycles. The van der Waals surface area contributed by atoms with Crippen LogP contribution in [0.5, 0.6) is 17.2 Å². The van der Waals surface area contributed by atoms with E-state index < -0.39 is 30.7 Å². The van der Waals surface area contributed by atoms with Gasteiger partial charge in [0.25, 0.3) is 5.91 Å². The SMILES string of the molecule is COc1ccnc(C(=O)NC(C)C(=O)OCCC(C)C)c1OCOC(C)=O.Oc1ccccc1. The van der Waals surface area contributed by atoms with Gasteiger partial charge in [-0.2, -0.15) is 0 Å². The van der Waals surface area contributed by atoms with Crippen molar-refractivity contribution in [3.05, 3.63) is 48.3 Å². The molecule has 0 radical (unpaired) electrons. The summed E-state index contributed by atoms with van der Waals surface area (Å²) in [5.41, 5.74) is -0.108. The number of aromatic nitrogens is 1. The third-order valence-corrected chi connectivity index (χ3v) is 4.17. The Kier molecular flexibility index (Phi) is 12.5. The number of para-hydroxylation sites is 1. The molecule has 0 aliphatic heterocycles. The summed E-state index contributed by atoms with van der Waals surface area (Å²) in [5, 5.41) is 11.1. The van der Waals surface area contributed by atoms with E-state index in [1.54, 1.807) is 24.3 Å². The molecule has 1 amide bonds. The zero-order valence-corrected chi connectivity index (χ0v) is 20.1. The molecule has 10 nitrogen and oxygen atoms in total. The summed E-state index contributed by atoms with van der Waals surface area (Å²) in [6.45, 7) is 6.64. The van der Waals surface area contributed by atoms with Crippen molar-refractivity contribution >= 4 is 17.8 Å². The van der Waals surface area contributed by atoms with Gasteiger partial charge in [-0.25, -0.2) is 9.78 Å². The van der Waals surface area contributed by atoms with E-state index in [4.69, 9.17) is 24.1 Å². The summed E-state index contributed by atoms with van der Waals surface area (Å²) >= 11 is 0. The molecular weight excluding hydrogens is 444 g/mol. The quantitative estimate of drug-likeness (QED) is 0.392. The molecule has 1 aromatic carbocycles. The number of pyridine rings is 1. The van der Waals surface area contributed by atoms with Crippen molar-refractivity contribution in [2.45, 2.75) is 40.2 Å². The van der Waals surface area contributed by atoms with Crippen molar-refractivity contribution in [1.82, 2.24) is 10.3 Å². The summed E-state index contributed by atoms with van der Waals surface area (Å²) in [6, 6.07) is 9.33. The van der Waals surface area contributed by atoms with Crippen LogP contribution in [0.15, 0.2) is 42.6 Å². The van der Waals surface area contributed by atoms with Gasteiger partial charge in [-0.3, -0.25) is 9.59 Å². The molecule has 10 heteroatoms. The van der Waals surface area contributed by atoms with E-state index in [1.807, 2.05) is 19.9 Å². The second kappa shape index (κ2) is 15.1. The van der Waals surface area contributed by atoms with Gasteiger partial charge in [-0.15, -0.1) is 0 Å². The lowest BCUT2D eigenvalue weighted by Gasteiger charge is -2.16. The Labute approximate surface area is 199 Å². The van der Waals surface area contributed by atoms with Crippen molar-refractivity contribution in [1.29, 1.82) is 0 Å². The number of benzene rings is 1. The van der Waals surface area contributed by atoms with E-state index in [0.717, 1.165) is 6.42 Å². The van der Waals surface area contributed by atoms with Gasteiger partial charge in [0.1, 0.15) is 11.8 Å². The van der Waals surface area contributed by atoms with Crippen molar-refractivity contribution in [2.75, 3.05) is 20.5 Å². The highest BCUT2D eigenvalue weighted by atomic mass is 16.7. The summed E-state index contributed by atoms with van der Waals surface area (Å²) in [5.74, 6) is -0.785. The molecule has 2 N–H and O–H groups in total. The van der Waals surface area contributed by atoms with Crippen molar-refractivity contribution in [3.63, 3.8) is 0 Å². The molecule has 1 unspecified atom stereocenters. The minimum Gasteiger partial charge on any atom is -0.508 e. The number of hydrogen-bond acceptors (Lipinski definition) is 9. The minimum absolute atomic E-state index is 0.000810. The number of rotatable bonds is 10. The molecule has 0 aliphatic rings. The Bertz CT molecular complexity index is 918. The number of nitrogens with one attached hydrogen (secondary N) is 1. The molecule has 186 valence electrons. The van der Waals surface area contributed by atoms with Gasteiger partial charge >= 0.3 is 11.9 Å². The number of esters is 2. The smallest absolute Gasteiger partial charge is 0.328 e. The van der Waals surface area contributed by atoms with E-state index in [0.29, 0.717) is 11.7 Å². The highest BCUT2D eigenvalue weighted by Crippen LogP contribution is 2.29. The molecule has 0 fully saturated rings. The van der Waals surface area contributed by atoms with Crippen LogP contribution in [0.1, 0.15) is 44.6 Å². The zero-order valence-electron chi connectivity index (χ0n) is 20.1. The number of carbonyl (C=O) groups is 3. The average molecular weight is 477 g/mol. The lowest BCUT2D eigenvalue weighted by Crippen LogP contribution is -2.40. The molecule has 0 aliphatic carbocycles. The van der Waals surface area contributed by atoms with Gasteiger partial charge in [0, 0.05) is 19.2 Å². The Morgan fingerprint density at radius 3 is 2.26 bits per heavy atom. The van der Waals surface area contributed by atoms with Crippen LogP contribution in [0.2, 0.25) is 0 Å². The van der Waals surface area contributed by atoms with Crippen molar-refractivity contribution in [3.8, 4) is 17.2 Å². The number of methoxy groups -OCH3 is 1. The lowest BCUT2D eigenvalue weighted by molar-refractivity contribution is -0.148. The maximum absolute atomic E-state index is 12.5. The predicted octanol–water partition coefficient (Wildman–Crippen LogP) is 3.09. The molecule has 2 rings (SSSR count). The fraction of sp³-hybridized carbons (Fsp3) is 0.417. The van der Waals surface area contributed by atoms with Crippen LogP contribution in [0.4, 0.5) is 0 Å².